The van der Waals surface area contributed by atoms with Crippen molar-refractivity contribution in [3.63, 3.8) is 0 Å². The summed E-state index contributed by atoms with van der Waals surface area (Å²) in [6, 6.07) is 7.58. The Kier molecular flexibility index (Phi) is 9.05. The normalized spacial score (nSPS) is 13.6. The van der Waals surface area contributed by atoms with E-state index >= 15 is 0 Å². The van der Waals surface area contributed by atoms with Gasteiger partial charge in [0.05, 0.1) is 25.5 Å². The lowest BCUT2D eigenvalue weighted by Gasteiger charge is -2.22. The van der Waals surface area contributed by atoms with Gasteiger partial charge >= 0.3 is 5.97 Å². The quantitative estimate of drug-likeness (QED) is 0.517. The highest BCUT2D eigenvalue weighted by atomic mass is 19.1. The van der Waals surface area contributed by atoms with E-state index in [1.165, 1.54) is 32.4 Å². The van der Waals surface area contributed by atoms with E-state index in [4.69, 9.17) is 14.2 Å². The maximum Gasteiger partial charge on any atom is 0.340 e. The Morgan fingerprint density at radius 1 is 1.00 bits per heavy atom. The van der Waals surface area contributed by atoms with Crippen LogP contribution in [0.3, 0.4) is 0 Å². The summed E-state index contributed by atoms with van der Waals surface area (Å²) in [4.78, 5) is 37.9. The van der Waals surface area contributed by atoms with Crippen molar-refractivity contribution in [3.8, 4) is 11.5 Å². The van der Waals surface area contributed by atoms with Crippen LogP contribution in [0.4, 0.5) is 10.1 Å². The van der Waals surface area contributed by atoms with Gasteiger partial charge in [0.25, 0.3) is 5.91 Å². The van der Waals surface area contributed by atoms with Gasteiger partial charge in [-0.15, -0.1) is 0 Å². The van der Waals surface area contributed by atoms with Crippen LogP contribution in [0.15, 0.2) is 30.3 Å². The van der Waals surface area contributed by atoms with Crippen LogP contribution in [-0.4, -0.2) is 38.6 Å². The van der Waals surface area contributed by atoms with Gasteiger partial charge in [0.1, 0.15) is 5.82 Å². The van der Waals surface area contributed by atoms with E-state index in [9.17, 15) is 18.8 Å². The van der Waals surface area contributed by atoms with Crippen molar-refractivity contribution in [3.05, 3.63) is 52.8 Å². The second-order valence-electron chi connectivity index (χ2n) is 8.51. The summed E-state index contributed by atoms with van der Waals surface area (Å²) >= 11 is 0. The highest BCUT2D eigenvalue weighted by Crippen LogP contribution is 2.35. The van der Waals surface area contributed by atoms with Crippen LogP contribution in [0, 0.1) is 18.7 Å². The maximum atomic E-state index is 13.7. The number of hydrogen-bond acceptors (Lipinski definition) is 6. The molecule has 0 aromatic heterocycles. The Bertz CT molecular complexity index is 1080. The molecule has 2 amide bonds. The first-order valence-corrected chi connectivity index (χ1v) is 11.6. The zero-order valence-corrected chi connectivity index (χ0v) is 20.2. The van der Waals surface area contributed by atoms with Crippen LogP contribution in [0.5, 0.6) is 11.5 Å². The number of hydrogen-bond donors (Lipinski definition) is 2. The van der Waals surface area contributed by atoms with E-state index in [-0.39, 0.29) is 41.2 Å². The molecule has 0 spiro atoms. The van der Waals surface area contributed by atoms with Crippen molar-refractivity contribution in [2.45, 2.75) is 45.6 Å². The third kappa shape index (κ3) is 6.94. The third-order valence-corrected chi connectivity index (χ3v) is 6.04. The van der Waals surface area contributed by atoms with Crippen LogP contribution in [0.25, 0.3) is 0 Å². The van der Waals surface area contributed by atoms with Crippen LogP contribution >= 0.6 is 0 Å². The monoisotopic (exact) mass is 486 g/mol. The fraction of sp³-hybridized carbons (Fsp3) is 0.423. The van der Waals surface area contributed by atoms with E-state index in [1.807, 2.05) is 0 Å². The number of carbonyl (C=O) groups is 3. The summed E-state index contributed by atoms with van der Waals surface area (Å²) in [6.07, 6.45) is 4.68. The van der Waals surface area contributed by atoms with Crippen molar-refractivity contribution < 1.29 is 33.0 Å². The number of aryl methyl sites for hydroxylation is 1. The van der Waals surface area contributed by atoms with E-state index < -0.39 is 18.5 Å². The molecule has 35 heavy (non-hydrogen) atoms. The Balaban J connectivity index is 1.67. The molecule has 0 saturated heterocycles. The van der Waals surface area contributed by atoms with Gasteiger partial charge in [0, 0.05) is 24.6 Å². The topological polar surface area (TPSA) is 103 Å². The molecule has 3 rings (SSSR count). The Morgan fingerprint density at radius 3 is 2.34 bits per heavy atom. The third-order valence-electron chi connectivity index (χ3n) is 6.04. The standard InChI is InChI=1S/C26H31FN2O6/c1-16-9-10-17(11-20(16)27)14-28-24(30)15-35-26(32)19-12-22(33-2)23(34-3)13-21(19)29-25(31)18-7-5-4-6-8-18/h9-13,18H,4-8,14-15H2,1-3H3,(H,28,30)(H,29,31). The predicted molar refractivity (Wildman–Crippen MR) is 128 cm³/mol. The Hall–Kier alpha value is -3.62. The van der Waals surface area contributed by atoms with Gasteiger partial charge in [-0.2, -0.15) is 0 Å². The van der Waals surface area contributed by atoms with E-state index in [0.717, 1.165) is 32.1 Å². The molecule has 1 fully saturated rings. The average Bonchev–Trinajstić information content (AvgIpc) is 2.88. The molecule has 188 valence electrons. The molecule has 1 aliphatic rings. The summed E-state index contributed by atoms with van der Waals surface area (Å²) in [5, 5.41) is 5.41. The van der Waals surface area contributed by atoms with Gasteiger partial charge in [0.15, 0.2) is 18.1 Å². The molecule has 0 aliphatic heterocycles. The fourth-order valence-electron chi connectivity index (χ4n) is 3.96. The molecule has 0 heterocycles. The molecular formula is C26H31FN2O6. The van der Waals surface area contributed by atoms with Gasteiger partial charge in [-0.3, -0.25) is 9.59 Å². The van der Waals surface area contributed by atoms with E-state index in [0.29, 0.717) is 16.9 Å². The average molecular weight is 487 g/mol. The van der Waals surface area contributed by atoms with Gasteiger partial charge in [-0.1, -0.05) is 31.4 Å². The lowest BCUT2D eigenvalue weighted by Crippen LogP contribution is -2.29. The molecule has 2 aromatic rings. The second-order valence-corrected chi connectivity index (χ2v) is 8.51. The molecule has 8 nitrogen and oxygen atoms in total. The smallest absolute Gasteiger partial charge is 0.340 e. The number of esters is 1. The highest BCUT2D eigenvalue weighted by Gasteiger charge is 2.25. The molecule has 1 aliphatic carbocycles. The van der Waals surface area contributed by atoms with Gasteiger partial charge in [-0.05, 0) is 37.0 Å². The first-order valence-electron chi connectivity index (χ1n) is 11.6. The summed E-state index contributed by atoms with van der Waals surface area (Å²) in [5.41, 5.74) is 1.36. The Labute approximate surface area is 204 Å². The fourth-order valence-corrected chi connectivity index (χ4v) is 3.96. The van der Waals surface area contributed by atoms with Crippen molar-refractivity contribution in [2.24, 2.45) is 5.92 Å². The molecule has 0 radical (unpaired) electrons. The van der Waals surface area contributed by atoms with Crippen molar-refractivity contribution in [2.75, 3.05) is 26.1 Å². The first kappa shape index (κ1) is 26.0. The molecule has 2 N–H and O–H groups in total. The van der Waals surface area contributed by atoms with Crippen LogP contribution in [0.1, 0.15) is 53.6 Å². The molecule has 1 saturated carbocycles. The molecular weight excluding hydrogens is 455 g/mol. The molecule has 0 atom stereocenters. The molecule has 0 bridgehead atoms. The van der Waals surface area contributed by atoms with Crippen molar-refractivity contribution in [1.29, 1.82) is 0 Å². The number of anilines is 1. The number of ether oxygens (including phenoxy) is 3. The minimum Gasteiger partial charge on any atom is -0.493 e. The summed E-state index contributed by atoms with van der Waals surface area (Å²) in [5.74, 6) is -1.40. The number of carbonyl (C=O) groups excluding carboxylic acids is 3. The number of nitrogens with one attached hydrogen (secondary N) is 2. The van der Waals surface area contributed by atoms with Gasteiger partial charge in [0.2, 0.25) is 5.91 Å². The maximum absolute atomic E-state index is 13.7. The lowest BCUT2D eigenvalue weighted by atomic mass is 9.88. The summed E-state index contributed by atoms with van der Waals surface area (Å²) < 4.78 is 29.5. The number of rotatable bonds is 9. The minimum atomic E-state index is -0.804. The Morgan fingerprint density at radius 2 is 1.69 bits per heavy atom. The largest absolute Gasteiger partial charge is 0.493 e. The van der Waals surface area contributed by atoms with E-state index in [2.05, 4.69) is 10.6 Å². The van der Waals surface area contributed by atoms with Crippen molar-refractivity contribution >= 4 is 23.5 Å². The number of amides is 2. The number of halogens is 1. The minimum absolute atomic E-state index is 0.0419. The van der Waals surface area contributed by atoms with Crippen LogP contribution in [-0.2, 0) is 20.9 Å². The second kappa shape index (κ2) is 12.2. The SMILES string of the molecule is COc1cc(NC(=O)C2CCCCC2)c(C(=O)OCC(=O)NCc2ccc(C)c(F)c2)cc1OC. The van der Waals surface area contributed by atoms with Crippen LogP contribution < -0.4 is 20.1 Å². The van der Waals surface area contributed by atoms with Gasteiger partial charge in [-0.25, -0.2) is 9.18 Å². The zero-order valence-electron chi connectivity index (χ0n) is 20.2. The molecule has 2 aromatic carbocycles. The van der Waals surface area contributed by atoms with Gasteiger partial charge < -0.3 is 24.8 Å². The summed E-state index contributed by atoms with van der Waals surface area (Å²) in [6.45, 7) is 1.20. The predicted octanol–water partition coefficient (Wildman–Crippen LogP) is 4.14. The lowest BCUT2D eigenvalue weighted by molar-refractivity contribution is -0.124. The zero-order chi connectivity index (χ0) is 25.4. The first-order chi connectivity index (χ1) is 16.8. The van der Waals surface area contributed by atoms with Crippen molar-refractivity contribution in [1.82, 2.24) is 5.32 Å². The van der Waals surface area contributed by atoms with Crippen LogP contribution in [0.2, 0.25) is 0 Å². The molecule has 0 unspecified atom stereocenters. The highest BCUT2D eigenvalue weighted by molar-refractivity contribution is 6.03. The van der Waals surface area contributed by atoms with E-state index in [1.54, 1.807) is 19.1 Å². The number of methoxy groups -OCH3 is 2. The number of benzene rings is 2. The molecule has 9 heteroatoms. The summed E-state index contributed by atoms with van der Waals surface area (Å²) in [7, 11) is 2.88.